The number of anilines is 1. The molecule has 18 heavy (non-hydrogen) atoms. The number of carbonyl (C=O) groups is 2. The lowest BCUT2D eigenvalue weighted by atomic mass is 10.2. The van der Waals surface area contributed by atoms with Gasteiger partial charge in [0.05, 0.1) is 19.4 Å². The van der Waals surface area contributed by atoms with Gasteiger partial charge in [0.2, 0.25) is 5.91 Å². The number of ether oxygens (including phenoxy) is 2. The van der Waals surface area contributed by atoms with E-state index in [0.717, 1.165) is 0 Å². The minimum absolute atomic E-state index is 0.121. The maximum absolute atomic E-state index is 11.6. The number of amides is 1. The zero-order valence-corrected chi connectivity index (χ0v) is 10.8. The standard InChI is InChI=1S/C13H17NO4/c1-4-18-13(16)9-14(10(2)15)11-7-5-6-8-12(11)17-3/h5-8H,4,9H2,1-3H3. The molecule has 1 amide bonds. The smallest absolute Gasteiger partial charge is 0.326 e. The Bertz CT molecular complexity index is 431. The zero-order chi connectivity index (χ0) is 13.5. The Labute approximate surface area is 106 Å². The number of methoxy groups -OCH3 is 1. The topological polar surface area (TPSA) is 55.8 Å². The molecule has 1 rings (SSSR count). The van der Waals surface area contributed by atoms with Crippen LogP contribution in [0, 0.1) is 0 Å². The Hall–Kier alpha value is -2.04. The van der Waals surface area contributed by atoms with Crippen LogP contribution in [0.1, 0.15) is 13.8 Å². The van der Waals surface area contributed by atoms with Gasteiger partial charge in [0.15, 0.2) is 0 Å². The molecule has 0 aromatic heterocycles. The van der Waals surface area contributed by atoms with Crippen molar-refractivity contribution in [3.05, 3.63) is 24.3 Å². The van der Waals surface area contributed by atoms with Crippen LogP contribution in [0.4, 0.5) is 5.69 Å². The number of para-hydroxylation sites is 2. The summed E-state index contributed by atoms with van der Waals surface area (Å²) < 4.78 is 10.0. The molecule has 0 N–H and O–H groups in total. The molecule has 0 aliphatic heterocycles. The Balaban J connectivity index is 2.97. The van der Waals surface area contributed by atoms with E-state index in [4.69, 9.17) is 9.47 Å². The summed E-state index contributed by atoms with van der Waals surface area (Å²) in [6, 6.07) is 7.03. The minimum atomic E-state index is -0.446. The fourth-order valence-corrected chi connectivity index (χ4v) is 1.55. The number of hydrogen-bond donors (Lipinski definition) is 0. The van der Waals surface area contributed by atoms with Gasteiger partial charge in [-0.2, -0.15) is 0 Å². The molecular formula is C13H17NO4. The predicted octanol–water partition coefficient (Wildman–Crippen LogP) is 1.61. The Morgan fingerprint density at radius 1 is 1.28 bits per heavy atom. The van der Waals surface area contributed by atoms with Crippen LogP contribution in [-0.2, 0) is 14.3 Å². The molecule has 0 unspecified atom stereocenters. The summed E-state index contributed by atoms with van der Waals surface area (Å²) in [5.41, 5.74) is 0.556. The van der Waals surface area contributed by atoms with Crippen LogP contribution >= 0.6 is 0 Å². The number of rotatable bonds is 5. The molecule has 0 radical (unpaired) electrons. The highest BCUT2D eigenvalue weighted by molar-refractivity contribution is 5.97. The average Bonchev–Trinajstić information content (AvgIpc) is 2.36. The van der Waals surface area contributed by atoms with Gasteiger partial charge in [0.1, 0.15) is 12.3 Å². The summed E-state index contributed by atoms with van der Waals surface area (Å²) in [6.45, 7) is 3.28. The summed E-state index contributed by atoms with van der Waals surface area (Å²) >= 11 is 0. The van der Waals surface area contributed by atoms with Crippen molar-refractivity contribution < 1.29 is 19.1 Å². The van der Waals surface area contributed by atoms with E-state index in [9.17, 15) is 9.59 Å². The number of benzene rings is 1. The molecule has 0 spiro atoms. The Kier molecular flexibility index (Phi) is 5.17. The maximum atomic E-state index is 11.6. The highest BCUT2D eigenvalue weighted by Crippen LogP contribution is 2.27. The van der Waals surface area contributed by atoms with Crippen LogP contribution in [0.5, 0.6) is 5.75 Å². The molecule has 1 aromatic rings. The number of nitrogens with zero attached hydrogens (tertiary/aromatic N) is 1. The molecule has 0 saturated heterocycles. The van der Waals surface area contributed by atoms with E-state index in [0.29, 0.717) is 11.4 Å². The average molecular weight is 251 g/mol. The minimum Gasteiger partial charge on any atom is -0.495 e. The van der Waals surface area contributed by atoms with Crippen LogP contribution in [0.3, 0.4) is 0 Å². The third-order valence-electron chi connectivity index (χ3n) is 2.35. The Morgan fingerprint density at radius 3 is 2.50 bits per heavy atom. The summed E-state index contributed by atoms with van der Waals surface area (Å²) in [5.74, 6) is -0.150. The van der Waals surface area contributed by atoms with E-state index in [1.165, 1.54) is 18.9 Å². The van der Waals surface area contributed by atoms with Crippen molar-refractivity contribution in [2.24, 2.45) is 0 Å². The van der Waals surface area contributed by atoms with E-state index in [-0.39, 0.29) is 19.1 Å². The van der Waals surface area contributed by atoms with Crippen molar-refractivity contribution in [2.45, 2.75) is 13.8 Å². The quantitative estimate of drug-likeness (QED) is 0.746. The second kappa shape index (κ2) is 6.64. The van der Waals surface area contributed by atoms with Gasteiger partial charge in [0.25, 0.3) is 0 Å². The van der Waals surface area contributed by atoms with Gasteiger partial charge in [-0.25, -0.2) is 0 Å². The Morgan fingerprint density at radius 2 is 1.94 bits per heavy atom. The highest BCUT2D eigenvalue weighted by Gasteiger charge is 2.19. The van der Waals surface area contributed by atoms with Crippen molar-refractivity contribution in [2.75, 3.05) is 25.2 Å². The molecule has 0 fully saturated rings. The molecule has 0 bridgehead atoms. The first-order valence-corrected chi connectivity index (χ1v) is 5.66. The van der Waals surface area contributed by atoms with Gasteiger partial charge < -0.3 is 9.47 Å². The van der Waals surface area contributed by atoms with Gasteiger partial charge in [-0.1, -0.05) is 12.1 Å². The molecule has 5 heteroatoms. The van der Waals surface area contributed by atoms with Gasteiger partial charge >= 0.3 is 5.97 Å². The van der Waals surface area contributed by atoms with E-state index in [2.05, 4.69) is 0 Å². The van der Waals surface area contributed by atoms with Crippen molar-refractivity contribution in [3.8, 4) is 5.75 Å². The summed E-state index contributed by atoms with van der Waals surface area (Å²) in [5, 5.41) is 0. The van der Waals surface area contributed by atoms with Gasteiger partial charge in [-0.3, -0.25) is 14.5 Å². The molecule has 0 heterocycles. The van der Waals surface area contributed by atoms with Crippen LogP contribution in [-0.4, -0.2) is 32.1 Å². The SMILES string of the molecule is CCOC(=O)CN(C(C)=O)c1ccccc1OC. The van der Waals surface area contributed by atoms with E-state index < -0.39 is 5.97 Å². The van der Waals surface area contributed by atoms with Crippen molar-refractivity contribution >= 4 is 17.6 Å². The van der Waals surface area contributed by atoms with Crippen LogP contribution < -0.4 is 9.64 Å². The first-order valence-electron chi connectivity index (χ1n) is 5.66. The lowest BCUT2D eigenvalue weighted by Crippen LogP contribution is -2.35. The third-order valence-corrected chi connectivity index (χ3v) is 2.35. The van der Waals surface area contributed by atoms with Crippen LogP contribution in [0.15, 0.2) is 24.3 Å². The molecule has 98 valence electrons. The lowest BCUT2D eigenvalue weighted by molar-refractivity contribution is -0.142. The van der Waals surface area contributed by atoms with E-state index in [1.807, 2.05) is 0 Å². The second-order valence-electron chi connectivity index (χ2n) is 3.58. The van der Waals surface area contributed by atoms with Gasteiger partial charge in [-0.15, -0.1) is 0 Å². The van der Waals surface area contributed by atoms with Crippen molar-refractivity contribution in [3.63, 3.8) is 0 Å². The molecule has 0 atom stereocenters. The summed E-state index contributed by atoms with van der Waals surface area (Å²) in [6.07, 6.45) is 0. The number of esters is 1. The zero-order valence-electron chi connectivity index (χ0n) is 10.8. The summed E-state index contributed by atoms with van der Waals surface area (Å²) in [4.78, 5) is 24.4. The predicted molar refractivity (Wildman–Crippen MR) is 67.7 cm³/mol. The fraction of sp³-hybridized carbons (Fsp3) is 0.385. The molecule has 0 saturated carbocycles. The van der Waals surface area contributed by atoms with E-state index in [1.54, 1.807) is 31.2 Å². The molecule has 0 aliphatic carbocycles. The molecular weight excluding hydrogens is 234 g/mol. The normalized spacial score (nSPS) is 9.72. The van der Waals surface area contributed by atoms with Gasteiger partial charge in [-0.05, 0) is 19.1 Å². The maximum Gasteiger partial charge on any atom is 0.326 e. The number of carbonyl (C=O) groups excluding carboxylic acids is 2. The first-order chi connectivity index (χ1) is 8.60. The number of hydrogen-bond acceptors (Lipinski definition) is 4. The van der Waals surface area contributed by atoms with E-state index >= 15 is 0 Å². The monoisotopic (exact) mass is 251 g/mol. The fourth-order valence-electron chi connectivity index (χ4n) is 1.55. The molecule has 1 aromatic carbocycles. The lowest BCUT2D eigenvalue weighted by Gasteiger charge is -2.22. The van der Waals surface area contributed by atoms with Crippen LogP contribution in [0.2, 0.25) is 0 Å². The van der Waals surface area contributed by atoms with Gasteiger partial charge in [0, 0.05) is 6.92 Å². The second-order valence-corrected chi connectivity index (χ2v) is 3.58. The molecule has 5 nitrogen and oxygen atoms in total. The third kappa shape index (κ3) is 3.48. The first kappa shape index (κ1) is 14.0. The summed E-state index contributed by atoms with van der Waals surface area (Å²) in [7, 11) is 1.52. The largest absolute Gasteiger partial charge is 0.495 e. The highest BCUT2D eigenvalue weighted by atomic mass is 16.5. The van der Waals surface area contributed by atoms with Crippen molar-refractivity contribution in [1.29, 1.82) is 0 Å². The van der Waals surface area contributed by atoms with Crippen LogP contribution in [0.25, 0.3) is 0 Å². The molecule has 0 aliphatic rings. The van der Waals surface area contributed by atoms with Crippen molar-refractivity contribution in [1.82, 2.24) is 0 Å².